The fourth-order valence-corrected chi connectivity index (χ4v) is 4.23. The molecule has 0 unspecified atom stereocenters. The molecule has 0 spiro atoms. The van der Waals surface area contributed by atoms with Crippen LogP contribution in [0.5, 0.6) is 11.5 Å². The van der Waals surface area contributed by atoms with Crippen molar-refractivity contribution in [2.45, 2.75) is 25.9 Å². The van der Waals surface area contributed by atoms with Crippen LogP contribution in [0.1, 0.15) is 34.3 Å². The number of hydrogen-bond donors (Lipinski definition) is 1. The molecular formula is C27H25F2N3O3. The van der Waals surface area contributed by atoms with E-state index in [-0.39, 0.29) is 17.8 Å². The number of piperidine rings is 1. The van der Waals surface area contributed by atoms with Crippen LogP contribution in [0.4, 0.5) is 20.2 Å². The van der Waals surface area contributed by atoms with Gasteiger partial charge in [0.2, 0.25) is 0 Å². The third kappa shape index (κ3) is 5.35. The predicted molar refractivity (Wildman–Crippen MR) is 129 cm³/mol. The van der Waals surface area contributed by atoms with Gasteiger partial charge in [0, 0.05) is 32.0 Å². The van der Waals surface area contributed by atoms with Crippen LogP contribution in [0.15, 0.2) is 54.6 Å². The van der Waals surface area contributed by atoms with Gasteiger partial charge in [-0.05, 0) is 48.9 Å². The Morgan fingerprint density at radius 3 is 2.54 bits per heavy atom. The van der Waals surface area contributed by atoms with Crippen molar-refractivity contribution in [3.05, 3.63) is 82.9 Å². The van der Waals surface area contributed by atoms with Crippen molar-refractivity contribution in [1.82, 2.24) is 0 Å². The van der Waals surface area contributed by atoms with E-state index < -0.39 is 11.6 Å². The van der Waals surface area contributed by atoms with Gasteiger partial charge in [-0.1, -0.05) is 12.1 Å². The number of amides is 1. The largest absolute Gasteiger partial charge is 0.496 e. The Morgan fingerprint density at radius 2 is 1.86 bits per heavy atom. The summed E-state index contributed by atoms with van der Waals surface area (Å²) < 4.78 is 38.3. The minimum absolute atomic E-state index is 0.0309. The van der Waals surface area contributed by atoms with Gasteiger partial charge in [-0.3, -0.25) is 4.79 Å². The third-order valence-electron chi connectivity index (χ3n) is 6.03. The van der Waals surface area contributed by atoms with Crippen molar-refractivity contribution in [3.8, 4) is 17.6 Å². The van der Waals surface area contributed by atoms with Crippen molar-refractivity contribution in [2.24, 2.45) is 0 Å². The number of nitrogens with one attached hydrogen (secondary N) is 1. The van der Waals surface area contributed by atoms with E-state index in [0.717, 1.165) is 17.3 Å². The number of hydrogen-bond acceptors (Lipinski definition) is 5. The van der Waals surface area contributed by atoms with Crippen molar-refractivity contribution in [3.63, 3.8) is 0 Å². The van der Waals surface area contributed by atoms with Crippen molar-refractivity contribution in [1.29, 1.82) is 5.26 Å². The molecule has 4 rings (SSSR count). The van der Waals surface area contributed by atoms with Crippen LogP contribution in [-0.4, -0.2) is 32.2 Å². The highest BCUT2D eigenvalue weighted by Gasteiger charge is 2.25. The second-order valence-electron chi connectivity index (χ2n) is 8.33. The molecule has 180 valence electrons. The first-order valence-corrected chi connectivity index (χ1v) is 11.3. The lowest BCUT2D eigenvalue weighted by Gasteiger charge is -2.35. The first-order chi connectivity index (χ1) is 16.9. The molecule has 8 heteroatoms. The summed E-state index contributed by atoms with van der Waals surface area (Å²) in [5.74, 6) is -1.21. The van der Waals surface area contributed by atoms with E-state index in [1.165, 1.54) is 19.2 Å². The standard InChI is InChI=1S/C27H25F2N3O3/c1-17-4-3-5-25(34-2)26(17)27(33)31-22-14-18(16-30)6-8-23(22)32-12-10-20(11-13-32)35-24-9-7-19(28)15-21(24)29/h3-9,14-15,20H,10-13H2,1-2H3,(H,31,33). The van der Waals surface area contributed by atoms with Gasteiger partial charge >= 0.3 is 0 Å². The summed E-state index contributed by atoms with van der Waals surface area (Å²) in [5, 5.41) is 12.3. The summed E-state index contributed by atoms with van der Waals surface area (Å²) in [4.78, 5) is 15.3. The van der Waals surface area contributed by atoms with E-state index in [4.69, 9.17) is 9.47 Å². The molecule has 1 saturated heterocycles. The number of benzene rings is 3. The number of nitrogens with zero attached hydrogens (tertiary/aromatic N) is 2. The minimum Gasteiger partial charge on any atom is -0.496 e. The summed E-state index contributed by atoms with van der Waals surface area (Å²) >= 11 is 0. The van der Waals surface area contributed by atoms with Crippen molar-refractivity contribution < 1.29 is 23.0 Å². The summed E-state index contributed by atoms with van der Waals surface area (Å²) in [5.41, 5.74) is 2.91. The van der Waals surface area contributed by atoms with Gasteiger partial charge in [0.1, 0.15) is 17.7 Å². The van der Waals surface area contributed by atoms with Crippen molar-refractivity contribution in [2.75, 3.05) is 30.4 Å². The number of rotatable bonds is 6. The average Bonchev–Trinajstić information content (AvgIpc) is 2.86. The number of anilines is 2. The molecule has 0 atom stereocenters. The SMILES string of the molecule is COc1cccc(C)c1C(=O)Nc1cc(C#N)ccc1N1CCC(Oc2ccc(F)cc2F)CC1. The van der Waals surface area contributed by atoms with Crippen LogP contribution in [0, 0.1) is 29.9 Å². The zero-order valence-corrected chi connectivity index (χ0v) is 19.5. The maximum atomic E-state index is 14.0. The van der Waals surface area contributed by atoms with E-state index >= 15 is 0 Å². The maximum absolute atomic E-state index is 14.0. The first-order valence-electron chi connectivity index (χ1n) is 11.3. The highest BCUT2D eigenvalue weighted by molar-refractivity contribution is 6.08. The lowest BCUT2D eigenvalue weighted by Crippen LogP contribution is -2.38. The molecule has 3 aromatic carbocycles. The lowest BCUT2D eigenvalue weighted by molar-refractivity contribution is 0.102. The fraction of sp³-hybridized carbons (Fsp3) is 0.259. The smallest absolute Gasteiger partial charge is 0.259 e. The fourth-order valence-electron chi connectivity index (χ4n) is 4.23. The topological polar surface area (TPSA) is 74.6 Å². The quantitative estimate of drug-likeness (QED) is 0.511. The molecule has 0 bridgehead atoms. The number of ether oxygens (including phenoxy) is 2. The zero-order chi connectivity index (χ0) is 24.9. The van der Waals surface area contributed by atoms with E-state index in [1.807, 2.05) is 25.1 Å². The summed E-state index contributed by atoms with van der Waals surface area (Å²) in [7, 11) is 1.51. The Bertz CT molecular complexity index is 1280. The predicted octanol–water partition coefficient (Wildman–Crippen LogP) is 5.45. The number of methoxy groups -OCH3 is 1. The Kier molecular flexibility index (Phi) is 7.16. The maximum Gasteiger partial charge on any atom is 0.259 e. The number of carbonyl (C=O) groups is 1. The number of nitriles is 1. The molecule has 1 fully saturated rings. The van der Waals surface area contributed by atoms with Gasteiger partial charge in [-0.2, -0.15) is 5.26 Å². The molecule has 1 heterocycles. The molecule has 0 saturated carbocycles. The molecule has 6 nitrogen and oxygen atoms in total. The summed E-state index contributed by atoms with van der Waals surface area (Å²) in [6, 6.07) is 15.9. The van der Waals surface area contributed by atoms with Crippen molar-refractivity contribution >= 4 is 17.3 Å². The van der Waals surface area contributed by atoms with Crippen LogP contribution in [-0.2, 0) is 0 Å². The molecular weight excluding hydrogens is 452 g/mol. The van der Waals surface area contributed by atoms with Gasteiger partial charge < -0.3 is 19.7 Å². The second kappa shape index (κ2) is 10.4. The zero-order valence-electron chi connectivity index (χ0n) is 19.5. The van der Waals surface area contributed by atoms with Crippen LogP contribution in [0.3, 0.4) is 0 Å². The van der Waals surface area contributed by atoms with Crippen LogP contribution >= 0.6 is 0 Å². The first kappa shape index (κ1) is 24.0. The van der Waals surface area contributed by atoms with E-state index in [0.29, 0.717) is 48.5 Å². The summed E-state index contributed by atoms with van der Waals surface area (Å²) in [6.45, 7) is 3.02. The molecule has 0 aromatic heterocycles. The van der Waals surface area contributed by atoms with Gasteiger partial charge in [0.25, 0.3) is 5.91 Å². The number of carbonyl (C=O) groups excluding carboxylic acids is 1. The monoisotopic (exact) mass is 477 g/mol. The normalized spacial score (nSPS) is 13.7. The Hall–Kier alpha value is -4.12. The van der Waals surface area contributed by atoms with Crippen LogP contribution in [0.2, 0.25) is 0 Å². The van der Waals surface area contributed by atoms with Gasteiger partial charge in [-0.15, -0.1) is 0 Å². The Labute approximate surface area is 202 Å². The van der Waals surface area contributed by atoms with Gasteiger partial charge in [-0.25, -0.2) is 8.78 Å². The highest BCUT2D eigenvalue weighted by atomic mass is 19.1. The number of aryl methyl sites for hydroxylation is 1. The van der Waals surface area contributed by atoms with Crippen LogP contribution in [0.25, 0.3) is 0 Å². The molecule has 3 aromatic rings. The van der Waals surface area contributed by atoms with E-state index in [2.05, 4.69) is 16.3 Å². The Morgan fingerprint density at radius 1 is 1.09 bits per heavy atom. The molecule has 1 amide bonds. The number of halogens is 2. The lowest BCUT2D eigenvalue weighted by atomic mass is 10.0. The van der Waals surface area contributed by atoms with Crippen LogP contribution < -0.4 is 19.7 Å². The van der Waals surface area contributed by atoms with Gasteiger partial charge in [0.05, 0.1) is 35.7 Å². The van der Waals surface area contributed by atoms with Gasteiger partial charge in [0.15, 0.2) is 11.6 Å². The Balaban J connectivity index is 1.51. The molecule has 0 aliphatic carbocycles. The van der Waals surface area contributed by atoms with E-state index in [9.17, 15) is 18.8 Å². The molecule has 1 aliphatic rings. The molecule has 1 N–H and O–H groups in total. The third-order valence-corrected chi connectivity index (χ3v) is 6.03. The van der Waals surface area contributed by atoms with E-state index in [1.54, 1.807) is 18.2 Å². The average molecular weight is 478 g/mol. The molecule has 35 heavy (non-hydrogen) atoms. The molecule has 1 aliphatic heterocycles. The second-order valence-corrected chi connectivity index (χ2v) is 8.33. The molecule has 0 radical (unpaired) electrons. The summed E-state index contributed by atoms with van der Waals surface area (Å²) in [6.07, 6.45) is 0.991. The minimum atomic E-state index is -0.726. The highest BCUT2D eigenvalue weighted by Crippen LogP contribution is 2.32.